The minimum Gasteiger partial charge on any atom is -0.345 e. The van der Waals surface area contributed by atoms with Crippen LogP contribution in [0, 0.1) is 21.8 Å². The lowest BCUT2D eigenvalue weighted by atomic mass is 9.91. The second kappa shape index (κ2) is 7.42. The van der Waals surface area contributed by atoms with Gasteiger partial charge < -0.3 is 5.32 Å². The van der Waals surface area contributed by atoms with Crippen molar-refractivity contribution < 1.29 is 14.1 Å². The fraction of sp³-hybridized carbons (Fsp3) is 0.316. The van der Waals surface area contributed by atoms with Crippen molar-refractivity contribution in [2.24, 2.45) is 5.92 Å². The van der Waals surface area contributed by atoms with Gasteiger partial charge in [0.2, 0.25) is 0 Å². The highest BCUT2D eigenvalue weighted by atomic mass is 19.1. The number of nitrogens with one attached hydrogen (secondary N) is 1. The summed E-state index contributed by atoms with van der Waals surface area (Å²) in [7, 11) is 0. The quantitative estimate of drug-likeness (QED) is 0.647. The van der Waals surface area contributed by atoms with Gasteiger partial charge in [-0.15, -0.1) is 0 Å². The third kappa shape index (κ3) is 3.84. The van der Waals surface area contributed by atoms with Crippen molar-refractivity contribution in [3.63, 3.8) is 0 Å². The minimum atomic E-state index is -0.558. The van der Waals surface area contributed by atoms with Gasteiger partial charge in [-0.1, -0.05) is 37.1 Å². The summed E-state index contributed by atoms with van der Waals surface area (Å²) in [4.78, 5) is 23.3. The lowest BCUT2D eigenvalue weighted by Gasteiger charge is -2.25. The Balaban J connectivity index is 1.88. The second-order valence-corrected chi connectivity index (χ2v) is 6.32. The Morgan fingerprint density at radius 2 is 1.76 bits per heavy atom. The average molecular weight is 342 g/mol. The second-order valence-electron chi connectivity index (χ2n) is 6.32. The molecule has 6 heteroatoms. The van der Waals surface area contributed by atoms with Crippen LogP contribution in [0.4, 0.5) is 10.1 Å². The topological polar surface area (TPSA) is 72.2 Å². The summed E-state index contributed by atoms with van der Waals surface area (Å²) in [6, 6.07) is 11.7. The van der Waals surface area contributed by atoms with E-state index in [1.54, 1.807) is 18.2 Å². The van der Waals surface area contributed by atoms with Crippen LogP contribution in [-0.4, -0.2) is 10.8 Å². The van der Waals surface area contributed by atoms with Gasteiger partial charge >= 0.3 is 0 Å². The van der Waals surface area contributed by atoms with Crippen molar-refractivity contribution in [1.29, 1.82) is 0 Å². The van der Waals surface area contributed by atoms with Gasteiger partial charge in [0.15, 0.2) is 0 Å². The number of para-hydroxylation sites is 1. The molecule has 130 valence electrons. The smallest absolute Gasteiger partial charge is 0.282 e. The van der Waals surface area contributed by atoms with E-state index in [-0.39, 0.29) is 29.0 Å². The number of amides is 1. The van der Waals surface area contributed by atoms with Gasteiger partial charge in [0.05, 0.1) is 11.0 Å². The zero-order valence-electron chi connectivity index (χ0n) is 13.7. The van der Waals surface area contributed by atoms with Crippen LogP contribution < -0.4 is 5.32 Å². The van der Waals surface area contributed by atoms with Crippen LogP contribution in [-0.2, 0) is 0 Å². The molecule has 0 radical (unpaired) electrons. The molecule has 1 aliphatic carbocycles. The highest BCUT2D eigenvalue weighted by molar-refractivity contribution is 5.98. The molecule has 25 heavy (non-hydrogen) atoms. The van der Waals surface area contributed by atoms with E-state index in [1.807, 2.05) is 0 Å². The van der Waals surface area contributed by atoms with Crippen LogP contribution in [0.5, 0.6) is 0 Å². The highest BCUT2D eigenvalue weighted by Gasteiger charge is 2.29. The molecule has 0 saturated heterocycles. The molecule has 1 unspecified atom stereocenters. The predicted octanol–water partition coefficient (Wildman–Crippen LogP) is 4.40. The number of nitro benzene ring substituents is 1. The normalized spacial score (nSPS) is 15.7. The summed E-state index contributed by atoms with van der Waals surface area (Å²) in [6.07, 6.45) is 4.12. The van der Waals surface area contributed by atoms with Crippen molar-refractivity contribution in [1.82, 2.24) is 5.32 Å². The van der Waals surface area contributed by atoms with Crippen LogP contribution in [0.1, 0.15) is 47.6 Å². The summed E-state index contributed by atoms with van der Waals surface area (Å²) < 4.78 is 13.2. The van der Waals surface area contributed by atoms with Crippen molar-refractivity contribution in [2.75, 3.05) is 0 Å². The van der Waals surface area contributed by atoms with Crippen LogP contribution in [0.25, 0.3) is 0 Å². The van der Waals surface area contributed by atoms with E-state index < -0.39 is 10.8 Å². The molecule has 1 N–H and O–H groups in total. The first-order chi connectivity index (χ1) is 12.1. The SMILES string of the molecule is O=C(NC(c1ccc(F)cc1)C1CCCC1)c1ccccc1[N+](=O)[O-]. The molecule has 0 spiro atoms. The van der Waals surface area contributed by atoms with E-state index in [1.165, 1.54) is 30.3 Å². The Kier molecular flexibility index (Phi) is 5.07. The zero-order valence-corrected chi connectivity index (χ0v) is 13.7. The first-order valence-corrected chi connectivity index (χ1v) is 8.36. The maximum atomic E-state index is 13.2. The van der Waals surface area contributed by atoms with Gasteiger partial charge in [0.1, 0.15) is 11.4 Å². The molecule has 3 rings (SSSR count). The van der Waals surface area contributed by atoms with E-state index in [2.05, 4.69) is 5.32 Å². The number of carbonyl (C=O) groups excluding carboxylic acids is 1. The van der Waals surface area contributed by atoms with Crippen molar-refractivity contribution in [3.8, 4) is 0 Å². The van der Waals surface area contributed by atoms with E-state index in [9.17, 15) is 19.3 Å². The molecule has 1 atom stereocenters. The number of hydrogen-bond donors (Lipinski definition) is 1. The molecule has 1 amide bonds. The van der Waals surface area contributed by atoms with Gasteiger partial charge in [-0.2, -0.15) is 0 Å². The summed E-state index contributed by atoms with van der Waals surface area (Å²) in [6.45, 7) is 0. The Morgan fingerprint density at radius 1 is 1.12 bits per heavy atom. The molecule has 1 fully saturated rings. The molecule has 2 aromatic carbocycles. The highest BCUT2D eigenvalue weighted by Crippen LogP contribution is 2.36. The number of nitro groups is 1. The lowest BCUT2D eigenvalue weighted by molar-refractivity contribution is -0.385. The molecule has 5 nitrogen and oxygen atoms in total. The zero-order chi connectivity index (χ0) is 17.8. The number of halogens is 1. The standard InChI is InChI=1S/C19H19FN2O3/c20-15-11-9-14(10-12-15)18(13-5-1-2-6-13)21-19(23)16-7-3-4-8-17(16)22(24)25/h3-4,7-13,18H,1-2,5-6H2,(H,21,23). The van der Waals surface area contributed by atoms with Crippen LogP contribution >= 0.6 is 0 Å². The fourth-order valence-corrected chi connectivity index (χ4v) is 3.48. The molecule has 0 heterocycles. The molecular weight excluding hydrogens is 323 g/mol. The Morgan fingerprint density at radius 3 is 2.40 bits per heavy atom. The minimum absolute atomic E-state index is 0.0395. The van der Waals surface area contributed by atoms with Gasteiger partial charge in [0.25, 0.3) is 11.6 Å². The maximum Gasteiger partial charge on any atom is 0.282 e. The van der Waals surface area contributed by atoms with Gasteiger partial charge in [-0.25, -0.2) is 4.39 Å². The van der Waals surface area contributed by atoms with E-state index in [0.717, 1.165) is 31.2 Å². The van der Waals surface area contributed by atoms with Crippen LogP contribution in [0.3, 0.4) is 0 Å². The summed E-state index contributed by atoms with van der Waals surface area (Å²) >= 11 is 0. The summed E-state index contributed by atoms with van der Waals surface area (Å²) in [5.74, 6) is -0.565. The number of carbonyl (C=O) groups is 1. The fourth-order valence-electron chi connectivity index (χ4n) is 3.48. The monoisotopic (exact) mass is 342 g/mol. The first-order valence-electron chi connectivity index (χ1n) is 8.36. The largest absolute Gasteiger partial charge is 0.345 e. The Bertz CT molecular complexity index is 770. The molecule has 1 aliphatic rings. The Hall–Kier alpha value is -2.76. The molecule has 0 bridgehead atoms. The van der Waals surface area contributed by atoms with Gasteiger partial charge in [-0.05, 0) is 42.5 Å². The van der Waals surface area contributed by atoms with Crippen LogP contribution in [0.2, 0.25) is 0 Å². The summed E-state index contributed by atoms with van der Waals surface area (Å²) in [5.41, 5.74) is 0.641. The van der Waals surface area contributed by atoms with E-state index in [4.69, 9.17) is 0 Å². The third-order valence-electron chi connectivity index (χ3n) is 4.73. The van der Waals surface area contributed by atoms with Gasteiger partial charge in [-0.3, -0.25) is 14.9 Å². The lowest BCUT2D eigenvalue weighted by Crippen LogP contribution is -2.33. The maximum absolute atomic E-state index is 13.2. The predicted molar refractivity (Wildman–Crippen MR) is 91.7 cm³/mol. The number of hydrogen-bond acceptors (Lipinski definition) is 3. The third-order valence-corrected chi connectivity index (χ3v) is 4.73. The average Bonchev–Trinajstić information content (AvgIpc) is 3.14. The number of nitrogens with zero attached hydrogens (tertiary/aromatic N) is 1. The summed E-state index contributed by atoms with van der Waals surface area (Å²) in [5, 5.41) is 14.1. The molecule has 2 aromatic rings. The number of rotatable bonds is 5. The molecular formula is C19H19FN2O3. The van der Waals surface area contributed by atoms with Crippen molar-refractivity contribution >= 4 is 11.6 Å². The van der Waals surface area contributed by atoms with E-state index in [0.29, 0.717) is 0 Å². The van der Waals surface area contributed by atoms with Crippen molar-refractivity contribution in [3.05, 3.63) is 75.6 Å². The molecule has 1 saturated carbocycles. The molecule has 0 aliphatic heterocycles. The Labute approximate surface area is 145 Å². The van der Waals surface area contributed by atoms with E-state index >= 15 is 0 Å². The first kappa shape index (κ1) is 17.1. The van der Waals surface area contributed by atoms with Crippen molar-refractivity contribution in [2.45, 2.75) is 31.7 Å². The van der Waals surface area contributed by atoms with Crippen LogP contribution in [0.15, 0.2) is 48.5 Å². The molecule has 0 aromatic heterocycles. The number of benzene rings is 2. The van der Waals surface area contributed by atoms with Gasteiger partial charge in [0, 0.05) is 6.07 Å².